The van der Waals surface area contributed by atoms with E-state index >= 15 is 0 Å². The van der Waals surface area contributed by atoms with E-state index in [0.29, 0.717) is 22.3 Å². The number of hydrogen-bond donors (Lipinski definition) is 0. The molecule has 3 rings (SSSR count). The second-order valence-corrected chi connectivity index (χ2v) is 7.56. The van der Waals surface area contributed by atoms with Gasteiger partial charge in [0.05, 0.1) is 25.7 Å². The molecule has 0 N–H and O–H groups in total. The molecule has 0 unspecified atom stereocenters. The minimum absolute atomic E-state index is 0.0617. The highest BCUT2D eigenvalue weighted by Gasteiger charge is 2.32. The lowest BCUT2D eigenvalue weighted by Crippen LogP contribution is -2.32. The van der Waals surface area contributed by atoms with Crippen molar-refractivity contribution in [2.75, 3.05) is 39.0 Å². The fourth-order valence-electron chi connectivity index (χ4n) is 2.68. The van der Waals surface area contributed by atoms with Gasteiger partial charge in [0, 0.05) is 20.2 Å². The Bertz CT molecular complexity index is 1000. The summed E-state index contributed by atoms with van der Waals surface area (Å²) in [4.78, 5) is 32.8. The van der Waals surface area contributed by atoms with Crippen molar-refractivity contribution in [3.63, 3.8) is 0 Å². The lowest BCUT2D eigenvalue weighted by Gasteiger charge is -2.19. The van der Waals surface area contributed by atoms with Crippen molar-refractivity contribution in [1.29, 1.82) is 0 Å². The highest BCUT2D eigenvalue weighted by Crippen LogP contribution is 2.31. The fourth-order valence-corrected chi connectivity index (χ4v) is 3.67. The van der Waals surface area contributed by atoms with Crippen molar-refractivity contribution in [2.24, 2.45) is 4.99 Å². The lowest BCUT2D eigenvalue weighted by molar-refractivity contribution is -0.125. The zero-order valence-corrected chi connectivity index (χ0v) is 18.1. The van der Waals surface area contributed by atoms with E-state index in [1.165, 1.54) is 21.6 Å². The fraction of sp³-hybridized carbons (Fsp3) is 0.227. The molecule has 2 aromatic carbocycles. The van der Waals surface area contributed by atoms with Crippen LogP contribution < -0.4 is 14.4 Å². The van der Waals surface area contributed by atoms with E-state index in [0.717, 1.165) is 11.3 Å². The summed E-state index contributed by atoms with van der Waals surface area (Å²) >= 11 is 1.22. The number of thioether (sulfide) groups is 1. The molecule has 0 radical (unpaired) electrons. The number of amidine groups is 1. The minimum Gasteiger partial charge on any atom is -0.497 e. The monoisotopic (exact) mass is 425 g/mol. The van der Waals surface area contributed by atoms with Gasteiger partial charge >= 0.3 is 0 Å². The Morgan fingerprint density at radius 3 is 2.43 bits per heavy atom. The number of methoxy groups -OCH3 is 2. The third-order valence-corrected chi connectivity index (χ3v) is 5.31. The van der Waals surface area contributed by atoms with Crippen molar-refractivity contribution in [1.82, 2.24) is 4.90 Å². The summed E-state index contributed by atoms with van der Waals surface area (Å²) in [6.45, 7) is 0. The van der Waals surface area contributed by atoms with Crippen molar-refractivity contribution >= 4 is 40.5 Å². The van der Waals surface area contributed by atoms with E-state index < -0.39 is 0 Å². The highest BCUT2D eigenvalue weighted by atomic mass is 32.2. The zero-order valence-electron chi connectivity index (χ0n) is 17.3. The molecule has 30 heavy (non-hydrogen) atoms. The predicted molar refractivity (Wildman–Crippen MR) is 120 cm³/mol. The van der Waals surface area contributed by atoms with Crippen LogP contribution in [0.1, 0.15) is 5.56 Å². The number of amides is 2. The lowest BCUT2D eigenvalue weighted by atomic mass is 10.2. The van der Waals surface area contributed by atoms with Gasteiger partial charge in [-0.1, -0.05) is 30.0 Å². The minimum atomic E-state index is -0.265. The Labute approximate surface area is 180 Å². The summed E-state index contributed by atoms with van der Waals surface area (Å²) in [6, 6.07) is 14.5. The van der Waals surface area contributed by atoms with E-state index in [1.54, 1.807) is 58.7 Å². The first-order chi connectivity index (χ1) is 14.4. The van der Waals surface area contributed by atoms with Crippen LogP contribution in [-0.4, -0.2) is 55.9 Å². The first kappa shape index (κ1) is 21.4. The van der Waals surface area contributed by atoms with Gasteiger partial charge in [-0.2, -0.15) is 0 Å². The number of benzene rings is 2. The van der Waals surface area contributed by atoms with E-state index in [9.17, 15) is 9.59 Å². The zero-order chi connectivity index (χ0) is 21.7. The summed E-state index contributed by atoms with van der Waals surface area (Å²) in [5.41, 5.74) is 1.74. The molecule has 0 saturated carbocycles. The molecule has 0 saturated heterocycles. The number of anilines is 1. The van der Waals surface area contributed by atoms with Crippen molar-refractivity contribution in [2.45, 2.75) is 0 Å². The van der Waals surface area contributed by atoms with Gasteiger partial charge in [0.25, 0.3) is 5.91 Å². The van der Waals surface area contributed by atoms with Crippen LogP contribution in [0, 0.1) is 0 Å². The highest BCUT2D eigenvalue weighted by molar-refractivity contribution is 8.14. The molecular formula is C22H23N3O4S. The molecule has 2 amide bonds. The van der Waals surface area contributed by atoms with Crippen LogP contribution in [-0.2, 0) is 9.59 Å². The number of ether oxygens (including phenoxy) is 2. The summed E-state index contributed by atoms with van der Waals surface area (Å²) in [7, 11) is 6.56. The first-order valence-corrected chi connectivity index (χ1v) is 10.2. The van der Waals surface area contributed by atoms with E-state index in [4.69, 9.17) is 9.47 Å². The van der Waals surface area contributed by atoms with Gasteiger partial charge in [-0.3, -0.25) is 14.5 Å². The van der Waals surface area contributed by atoms with Gasteiger partial charge in [-0.25, -0.2) is 4.99 Å². The van der Waals surface area contributed by atoms with Crippen LogP contribution in [0.3, 0.4) is 0 Å². The van der Waals surface area contributed by atoms with Crippen LogP contribution in [0.5, 0.6) is 11.5 Å². The van der Waals surface area contributed by atoms with Gasteiger partial charge in [0.2, 0.25) is 5.91 Å². The third-order valence-electron chi connectivity index (χ3n) is 4.38. The maximum absolute atomic E-state index is 13.2. The molecule has 1 aliphatic rings. The largest absolute Gasteiger partial charge is 0.497 e. The van der Waals surface area contributed by atoms with Gasteiger partial charge in [-0.15, -0.1) is 0 Å². The molecule has 7 nitrogen and oxygen atoms in total. The maximum Gasteiger partial charge on any atom is 0.283 e. The molecule has 1 aliphatic heterocycles. The molecule has 0 aliphatic carbocycles. The average Bonchev–Trinajstić information content (AvgIpc) is 3.07. The molecule has 0 spiro atoms. The number of rotatable bonds is 6. The van der Waals surface area contributed by atoms with Gasteiger partial charge < -0.3 is 14.4 Å². The Kier molecular flexibility index (Phi) is 6.79. The number of aliphatic imine (C=N–C) groups is 1. The Balaban J connectivity index is 1.95. The Morgan fingerprint density at radius 2 is 1.80 bits per heavy atom. The van der Waals surface area contributed by atoms with E-state index in [2.05, 4.69) is 4.99 Å². The quantitative estimate of drug-likeness (QED) is 0.665. The second-order valence-electron chi connectivity index (χ2n) is 6.62. The van der Waals surface area contributed by atoms with E-state index in [-0.39, 0.29) is 17.6 Å². The number of carbonyl (C=O) groups excluding carboxylic acids is 2. The smallest absolute Gasteiger partial charge is 0.283 e. The van der Waals surface area contributed by atoms with Crippen LogP contribution in [0.15, 0.2) is 59.2 Å². The third kappa shape index (κ3) is 4.83. The molecule has 1 heterocycles. The normalized spacial score (nSPS) is 14.7. The summed E-state index contributed by atoms with van der Waals surface area (Å²) in [5, 5.41) is 0.447. The maximum atomic E-state index is 13.2. The van der Waals surface area contributed by atoms with Crippen molar-refractivity contribution in [3.8, 4) is 11.5 Å². The van der Waals surface area contributed by atoms with Crippen molar-refractivity contribution < 1.29 is 19.1 Å². The SMILES string of the molecule is COc1ccc(C=C2N=C(SCC(=O)N(C)C)N(c3cccc(OC)c3)C2=O)cc1. The first-order valence-electron chi connectivity index (χ1n) is 9.19. The molecule has 0 fully saturated rings. The molecule has 0 aromatic heterocycles. The average molecular weight is 426 g/mol. The second kappa shape index (κ2) is 9.49. The van der Waals surface area contributed by atoms with Gasteiger partial charge in [0.1, 0.15) is 17.2 Å². The Morgan fingerprint density at radius 1 is 1.10 bits per heavy atom. The molecule has 8 heteroatoms. The van der Waals surface area contributed by atoms with E-state index in [1.807, 2.05) is 24.3 Å². The predicted octanol–water partition coefficient (Wildman–Crippen LogP) is 3.27. The number of carbonyl (C=O) groups is 2. The summed E-state index contributed by atoms with van der Waals surface area (Å²) in [6.07, 6.45) is 1.72. The van der Waals surface area contributed by atoms with Crippen LogP contribution in [0.25, 0.3) is 6.08 Å². The molecule has 0 atom stereocenters. The standard InChI is InChI=1S/C22H23N3O4S/c1-24(2)20(26)14-30-22-23-19(12-15-8-10-17(28-3)11-9-15)21(27)25(22)16-6-5-7-18(13-16)29-4/h5-13H,14H2,1-4H3. The summed E-state index contributed by atoms with van der Waals surface area (Å²) in [5.74, 6) is 1.21. The Hall–Kier alpha value is -3.26. The van der Waals surface area contributed by atoms with Crippen LogP contribution in [0.2, 0.25) is 0 Å². The van der Waals surface area contributed by atoms with Crippen molar-refractivity contribution in [3.05, 3.63) is 59.8 Å². The van der Waals surface area contributed by atoms with Crippen LogP contribution >= 0.6 is 11.8 Å². The van der Waals surface area contributed by atoms with Crippen LogP contribution in [0.4, 0.5) is 5.69 Å². The molecular weight excluding hydrogens is 402 g/mol. The number of hydrogen-bond acceptors (Lipinski definition) is 6. The summed E-state index contributed by atoms with van der Waals surface area (Å²) < 4.78 is 10.5. The molecule has 2 aromatic rings. The molecule has 0 bridgehead atoms. The van der Waals surface area contributed by atoms with Gasteiger partial charge in [-0.05, 0) is 35.9 Å². The topological polar surface area (TPSA) is 71.4 Å². The molecule has 156 valence electrons. The number of nitrogens with zero attached hydrogens (tertiary/aromatic N) is 3. The van der Waals surface area contributed by atoms with Gasteiger partial charge in [0.15, 0.2) is 5.17 Å².